The van der Waals surface area contributed by atoms with E-state index in [0.29, 0.717) is 23.5 Å². The Kier molecular flexibility index (Phi) is 7.52. The van der Waals surface area contributed by atoms with Crippen molar-refractivity contribution in [2.45, 2.75) is 6.67 Å². The van der Waals surface area contributed by atoms with E-state index in [0.717, 1.165) is 44.2 Å². The molecule has 0 unspecified atom stereocenters. The Labute approximate surface area is 194 Å². The quantitative estimate of drug-likeness (QED) is 0.522. The molecule has 2 heterocycles. The van der Waals surface area contributed by atoms with Gasteiger partial charge in [0.1, 0.15) is 18.2 Å². The van der Waals surface area contributed by atoms with Crippen LogP contribution in [0.15, 0.2) is 72.9 Å². The van der Waals surface area contributed by atoms with Crippen molar-refractivity contribution in [3.05, 3.63) is 84.1 Å². The van der Waals surface area contributed by atoms with Crippen LogP contribution in [-0.2, 0) is 6.67 Å². The van der Waals surface area contributed by atoms with Gasteiger partial charge in [0.2, 0.25) is 0 Å². The van der Waals surface area contributed by atoms with Crippen molar-refractivity contribution in [1.29, 1.82) is 0 Å². The number of rotatable bonds is 8. The van der Waals surface area contributed by atoms with Gasteiger partial charge in [-0.05, 0) is 42.0 Å². The van der Waals surface area contributed by atoms with E-state index in [2.05, 4.69) is 20.9 Å². The summed E-state index contributed by atoms with van der Waals surface area (Å²) in [6.45, 7) is 4.30. The SMILES string of the molecule is COc1ccccc1N1CCN(CCN(C(=O)c2ccc(C[18F])cc2)c2ccccn2)CC1. The van der Waals surface area contributed by atoms with Gasteiger partial charge in [0.15, 0.2) is 0 Å². The van der Waals surface area contributed by atoms with E-state index in [4.69, 9.17) is 4.74 Å². The molecule has 6 nitrogen and oxygen atoms in total. The summed E-state index contributed by atoms with van der Waals surface area (Å²) in [7, 11) is 1.70. The second kappa shape index (κ2) is 10.9. The predicted molar refractivity (Wildman–Crippen MR) is 129 cm³/mol. The number of carbonyl (C=O) groups excluding carboxylic acids is 1. The number of methoxy groups -OCH3 is 1. The third-order valence-electron chi connectivity index (χ3n) is 5.96. The fraction of sp³-hybridized carbons (Fsp3) is 0.308. The molecular weight excluding hydrogens is 418 g/mol. The number of aromatic nitrogens is 1. The Hall–Kier alpha value is -3.45. The van der Waals surface area contributed by atoms with Crippen molar-refractivity contribution < 1.29 is 13.9 Å². The maximum absolute atomic E-state index is 13.3. The van der Waals surface area contributed by atoms with Crippen LogP contribution in [0.4, 0.5) is 15.9 Å². The molecule has 172 valence electrons. The minimum atomic E-state index is -0.542. The van der Waals surface area contributed by atoms with E-state index in [1.807, 2.05) is 36.4 Å². The van der Waals surface area contributed by atoms with Crippen molar-refractivity contribution in [1.82, 2.24) is 9.88 Å². The molecule has 2 aromatic carbocycles. The van der Waals surface area contributed by atoms with Crippen LogP contribution in [0.3, 0.4) is 0 Å². The lowest BCUT2D eigenvalue weighted by atomic mass is 10.1. The number of nitrogens with zero attached hydrogens (tertiary/aromatic N) is 4. The first-order valence-electron chi connectivity index (χ1n) is 11.2. The zero-order valence-electron chi connectivity index (χ0n) is 18.9. The van der Waals surface area contributed by atoms with Gasteiger partial charge in [0, 0.05) is 51.0 Å². The zero-order valence-corrected chi connectivity index (χ0v) is 18.9. The van der Waals surface area contributed by atoms with Crippen LogP contribution in [-0.4, -0.2) is 62.2 Å². The summed E-state index contributed by atoms with van der Waals surface area (Å²) in [6, 6.07) is 20.3. The van der Waals surface area contributed by atoms with Crippen LogP contribution in [0, 0.1) is 0 Å². The molecule has 0 saturated carbocycles. The molecule has 1 amide bonds. The molecule has 0 N–H and O–H groups in total. The molecule has 33 heavy (non-hydrogen) atoms. The number of benzene rings is 2. The van der Waals surface area contributed by atoms with Gasteiger partial charge in [0.25, 0.3) is 5.91 Å². The Morgan fingerprint density at radius 3 is 2.39 bits per heavy atom. The van der Waals surface area contributed by atoms with Gasteiger partial charge < -0.3 is 9.64 Å². The predicted octanol–water partition coefficient (Wildman–Crippen LogP) is 4.03. The summed E-state index contributed by atoms with van der Waals surface area (Å²) in [6.07, 6.45) is 1.69. The van der Waals surface area contributed by atoms with Crippen LogP contribution in [0.2, 0.25) is 0 Å². The smallest absolute Gasteiger partial charge is 0.259 e. The fourth-order valence-electron chi connectivity index (χ4n) is 4.07. The lowest BCUT2D eigenvalue weighted by Gasteiger charge is -2.37. The number of alkyl halides is 1. The largest absolute Gasteiger partial charge is 0.495 e. The number of para-hydroxylation sites is 2. The van der Waals surface area contributed by atoms with Crippen molar-refractivity contribution in [3.8, 4) is 5.75 Å². The van der Waals surface area contributed by atoms with Crippen LogP contribution < -0.4 is 14.5 Å². The van der Waals surface area contributed by atoms with Crippen LogP contribution in [0.5, 0.6) is 5.75 Å². The highest BCUT2D eigenvalue weighted by atomic mass is 18.2. The number of hydrogen-bond acceptors (Lipinski definition) is 5. The Bertz CT molecular complexity index is 1040. The molecule has 0 spiro atoms. The average Bonchev–Trinajstić information content (AvgIpc) is 2.89. The van der Waals surface area contributed by atoms with E-state index in [1.54, 1.807) is 42.5 Å². The Morgan fingerprint density at radius 1 is 1.00 bits per heavy atom. The highest BCUT2D eigenvalue weighted by molar-refractivity contribution is 6.05. The summed E-state index contributed by atoms with van der Waals surface area (Å²) in [4.78, 5) is 24.1. The van der Waals surface area contributed by atoms with Gasteiger partial charge >= 0.3 is 0 Å². The maximum atomic E-state index is 13.3. The second-order valence-corrected chi connectivity index (χ2v) is 7.98. The summed E-state index contributed by atoms with van der Waals surface area (Å²) in [5.74, 6) is 1.37. The molecular formula is C26H29FN4O2. The van der Waals surface area contributed by atoms with Crippen molar-refractivity contribution >= 4 is 17.4 Å². The van der Waals surface area contributed by atoms with Crippen LogP contribution >= 0.6 is 0 Å². The lowest BCUT2D eigenvalue weighted by Crippen LogP contribution is -2.49. The van der Waals surface area contributed by atoms with Gasteiger partial charge in [-0.2, -0.15) is 0 Å². The average molecular weight is 448 g/mol. The summed E-state index contributed by atoms with van der Waals surface area (Å²) >= 11 is 0. The van der Waals surface area contributed by atoms with E-state index in [1.165, 1.54) is 0 Å². The first-order chi connectivity index (χ1) is 16.2. The van der Waals surface area contributed by atoms with Gasteiger partial charge in [-0.3, -0.25) is 14.6 Å². The van der Waals surface area contributed by atoms with E-state index < -0.39 is 6.67 Å². The van der Waals surface area contributed by atoms with E-state index >= 15 is 0 Å². The van der Waals surface area contributed by atoms with Gasteiger partial charge in [0.05, 0.1) is 12.8 Å². The molecule has 0 bridgehead atoms. The molecule has 1 fully saturated rings. The number of pyridine rings is 1. The summed E-state index contributed by atoms with van der Waals surface area (Å²) in [5.41, 5.74) is 2.20. The number of piperazine rings is 1. The minimum absolute atomic E-state index is 0.133. The van der Waals surface area contributed by atoms with Crippen molar-refractivity contribution in [2.75, 3.05) is 56.2 Å². The Balaban J connectivity index is 1.41. The standard InChI is InChI=1S/C26H29FN4O2/c1-33-24-7-3-2-6-23(24)30-17-14-29(15-18-30)16-19-31(25-8-4-5-13-28-25)26(32)22-11-9-21(20-27)10-12-22/h2-13H,14-20H2,1H3/i27-1. The number of anilines is 2. The topological polar surface area (TPSA) is 48.9 Å². The molecule has 0 atom stereocenters. The normalized spacial score (nSPS) is 14.2. The van der Waals surface area contributed by atoms with Gasteiger partial charge in [-0.1, -0.05) is 30.3 Å². The number of halogens is 1. The maximum Gasteiger partial charge on any atom is 0.259 e. The van der Waals surface area contributed by atoms with Crippen LogP contribution in [0.1, 0.15) is 15.9 Å². The van der Waals surface area contributed by atoms with E-state index in [9.17, 15) is 9.18 Å². The highest BCUT2D eigenvalue weighted by Gasteiger charge is 2.23. The monoisotopic (exact) mass is 447 g/mol. The molecule has 1 saturated heterocycles. The molecule has 1 aromatic heterocycles. The van der Waals surface area contributed by atoms with E-state index in [-0.39, 0.29) is 5.91 Å². The molecule has 7 heteroatoms. The molecule has 0 radical (unpaired) electrons. The minimum Gasteiger partial charge on any atom is -0.495 e. The Morgan fingerprint density at radius 2 is 1.73 bits per heavy atom. The number of hydrogen-bond donors (Lipinski definition) is 0. The third-order valence-corrected chi connectivity index (χ3v) is 5.96. The van der Waals surface area contributed by atoms with Crippen LogP contribution in [0.25, 0.3) is 0 Å². The van der Waals surface area contributed by atoms with Crippen molar-refractivity contribution in [3.63, 3.8) is 0 Å². The summed E-state index contributed by atoms with van der Waals surface area (Å²) in [5, 5.41) is 0. The first kappa shape index (κ1) is 22.7. The number of carbonyl (C=O) groups is 1. The molecule has 1 aliphatic heterocycles. The number of amides is 1. The molecule has 4 rings (SSSR count). The molecule has 0 aliphatic carbocycles. The molecule has 3 aromatic rings. The van der Waals surface area contributed by atoms with Crippen molar-refractivity contribution in [2.24, 2.45) is 0 Å². The fourth-order valence-corrected chi connectivity index (χ4v) is 4.07. The van der Waals surface area contributed by atoms with Gasteiger partial charge in [-0.15, -0.1) is 0 Å². The first-order valence-corrected chi connectivity index (χ1v) is 11.2. The number of ether oxygens (including phenoxy) is 1. The summed E-state index contributed by atoms with van der Waals surface area (Å²) < 4.78 is 18.4. The second-order valence-electron chi connectivity index (χ2n) is 7.98. The van der Waals surface area contributed by atoms with Gasteiger partial charge in [-0.25, -0.2) is 9.37 Å². The lowest BCUT2D eigenvalue weighted by molar-refractivity contribution is 0.0982. The highest BCUT2D eigenvalue weighted by Crippen LogP contribution is 2.28. The molecule has 1 aliphatic rings. The zero-order chi connectivity index (χ0) is 23.0. The third kappa shape index (κ3) is 5.49.